The Morgan fingerprint density at radius 2 is 1.88 bits per heavy atom. The Bertz CT molecular complexity index is 815. The quantitative estimate of drug-likeness (QED) is 0.505. The summed E-state index contributed by atoms with van der Waals surface area (Å²) in [7, 11) is 0. The fourth-order valence-electron chi connectivity index (χ4n) is 2.47. The van der Waals surface area contributed by atoms with Gasteiger partial charge in [-0.3, -0.25) is 0 Å². The van der Waals surface area contributed by atoms with Crippen molar-refractivity contribution in [1.29, 1.82) is 0 Å². The first kappa shape index (κ1) is 17.0. The van der Waals surface area contributed by atoms with Crippen LogP contribution in [0.15, 0.2) is 63.6 Å². The van der Waals surface area contributed by atoms with Crippen LogP contribution in [0.3, 0.4) is 0 Å². The Kier molecular flexibility index (Phi) is 5.53. The number of nitrogens with zero attached hydrogens (tertiary/aromatic N) is 1. The fraction of sp³-hybridized carbons (Fsp3) is 0.158. The maximum atomic E-state index is 11.7. The van der Waals surface area contributed by atoms with Crippen LogP contribution in [0.1, 0.15) is 22.1 Å². The molecule has 3 aromatic rings. The predicted octanol–water partition coefficient (Wildman–Crippen LogP) is 5.59. The molecular formula is C19H16BrNO2S. The van der Waals surface area contributed by atoms with Crippen LogP contribution in [0, 0.1) is 6.92 Å². The van der Waals surface area contributed by atoms with Gasteiger partial charge >= 0.3 is 0 Å². The molecule has 3 nitrogen and oxygen atoms in total. The average Bonchev–Trinajstić information content (AvgIpc) is 2.99. The highest BCUT2D eigenvalue weighted by Crippen LogP contribution is 2.38. The van der Waals surface area contributed by atoms with E-state index in [-0.39, 0.29) is 5.25 Å². The summed E-state index contributed by atoms with van der Waals surface area (Å²) in [6.07, 6.45) is 0.968. The lowest BCUT2D eigenvalue weighted by molar-refractivity contribution is -0.107. The van der Waals surface area contributed by atoms with Crippen LogP contribution in [0.2, 0.25) is 0 Å². The van der Waals surface area contributed by atoms with Gasteiger partial charge in [-0.25, -0.2) is 0 Å². The molecule has 3 rings (SSSR count). The third-order valence-electron chi connectivity index (χ3n) is 3.70. The molecule has 0 fully saturated rings. The molecular weight excluding hydrogens is 386 g/mol. The van der Waals surface area contributed by atoms with Crippen molar-refractivity contribution in [3.63, 3.8) is 0 Å². The molecule has 0 saturated heterocycles. The average molecular weight is 402 g/mol. The van der Waals surface area contributed by atoms with Gasteiger partial charge < -0.3 is 9.32 Å². The lowest BCUT2D eigenvalue weighted by Gasteiger charge is -2.11. The Morgan fingerprint density at radius 3 is 2.54 bits per heavy atom. The standard InChI is InChI=1S/C19H16BrNO2S/c1-13-18(17(11-22)24-12-14-5-3-2-4-6-14)19(23-21-13)15-7-9-16(20)10-8-15/h2-11,17H,12H2,1H3. The van der Waals surface area contributed by atoms with E-state index in [2.05, 4.69) is 33.2 Å². The summed E-state index contributed by atoms with van der Waals surface area (Å²) in [5.74, 6) is 1.42. The van der Waals surface area contributed by atoms with Crippen molar-refractivity contribution >= 4 is 34.0 Å². The largest absolute Gasteiger partial charge is 0.356 e. The molecule has 2 aromatic carbocycles. The molecule has 0 saturated carbocycles. The van der Waals surface area contributed by atoms with E-state index >= 15 is 0 Å². The van der Waals surface area contributed by atoms with Crippen LogP contribution >= 0.6 is 27.7 Å². The Labute approximate surface area is 153 Å². The Morgan fingerprint density at radius 1 is 1.17 bits per heavy atom. The number of aldehydes is 1. The lowest BCUT2D eigenvalue weighted by Crippen LogP contribution is -1.99. The number of halogens is 1. The number of hydrogen-bond donors (Lipinski definition) is 0. The first-order valence-corrected chi connectivity index (χ1v) is 9.36. The van der Waals surface area contributed by atoms with E-state index in [0.29, 0.717) is 5.76 Å². The van der Waals surface area contributed by atoms with E-state index in [4.69, 9.17) is 4.52 Å². The summed E-state index contributed by atoms with van der Waals surface area (Å²) in [5.41, 5.74) is 3.72. The van der Waals surface area contributed by atoms with Crippen molar-refractivity contribution in [2.75, 3.05) is 0 Å². The molecule has 1 unspecified atom stereocenters. The van der Waals surface area contributed by atoms with E-state index in [1.807, 2.05) is 49.4 Å². The summed E-state index contributed by atoms with van der Waals surface area (Å²) >= 11 is 5.01. The zero-order chi connectivity index (χ0) is 16.9. The number of aromatic nitrogens is 1. The van der Waals surface area contributed by atoms with Gasteiger partial charge in [-0.1, -0.05) is 63.6 Å². The molecule has 0 radical (unpaired) electrons. The summed E-state index contributed by atoms with van der Waals surface area (Å²) in [5, 5.41) is 3.77. The molecule has 0 aliphatic heterocycles. The van der Waals surface area contributed by atoms with Crippen molar-refractivity contribution in [3.05, 3.63) is 75.9 Å². The summed E-state index contributed by atoms with van der Waals surface area (Å²) in [6.45, 7) is 1.88. The molecule has 1 heterocycles. The first-order valence-electron chi connectivity index (χ1n) is 7.52. The second-order valence-corrected chi connectivity index (χ2v) is 7.42. The first-order chi connectivity index (χ1) is 11.7. The number of rotatable bonds is 6. The van der Waals surface area contributed by atoms with E-state index < -0.39 is 0 Å². The molecule has 122 valence electrons. The minimum atomic E-state index is -0.310. The van der Waals surface area contributed by atoms with E-state index in [1.165, 1.54) is 5.56 Å². The molecule has 24 heavy (non-hydrogen) atoms. The van der Waals surface area contributed by atoms with Crippen molar-refractivity contribution in [3.8, 4) is 11.3 Å². The molecule has 0 N–H and O–H groups in total. The third kappa shape index (κ3) is 3.79. The highest BCUT2D eigenvalue weighted by Gasteiger charge is 2.23. The van der Waals surface area contributed by atoms with Crippen LogP contribution in [-0.2, 0) is 10.5 Å². The zero-order valence-corrected chi connectivity index (χ0v) is 15.5. The zero-order valence-electron chi connectivity index (χ0n) is 13.1. The minimum absolute atomic E-state index is 0.310. The maximum absolute atomic E-state index is 11.7. The molecule has 0 amide bonds. The van der Waals surface area contributed by atoms with Crippen molar-refractivity contribution in [2.45, 2.75) is 17.9 Å². The van der Waals surface area contributed by atoms with Crippen LogP contribution in [-0.4, -0.2) is 11.4 Å². The topological polar surface area (TPSA) is 43.1 Å². The van der Waals surface area contributed by atoms with Crippen LogP contribution in [0.4, 0.5) is 0 Å². The van der Waals surface area contributed by atoms with E-state index in [9.17, 15) is 4.79 Å². The van der Waals surface area contributed by atoms with Gasteiger partial charge in [0.2, 0.25) is 0 Å². The molecule has 0 bridgehead atoms. The van der Waals surface area contributed by atoms with Crippen LogP contribution in [0.25, 0.3) is 11.3 Å². The summed E-state index contributed by atoms with van der Waals surface area (Å²) in [6, 6.07) is 17.9. The molecule has 0 aliphatic carbocycles. The smallest absolute Gasteiger partial charge is 0.171 e. The molecule has 0 spiro atoms. The van der Waals surface area contributed by atoms with Crippen molar-refractivity contribution in [1.82, 2.24) is 5.16 Å². The Balaban J connectivity index is 1.87. The molecule has 1 aromatic heterocycles. The molecule has 0 aliphatic rings. The van der Waals surface area contributed by atoms with Gasteiger partial charge in [-0.15, -0.1) is 11.8 Å². The second kappa shape index (κ2) is 7.81. The lowest BCUT2D eigenvalue weighted by atomic mass is 10.0. The number of hydrogen-bond acceptors (Lipinski definition) is 4. The van der Waals surface area contributed by atoms with Crippen LogP contribution < -0.4 is 0 Å². The van der Waals surface area contributed by atoms with Gasteiger partial charge in [0.05, 0.1) is 10.9 Å². The van der Waals surface area contributed by atoms with E-state index in [1.54, 1.807) is 11.8 Å². The normalized spacial score (nSPS) is 12.1. The minimum Gasteiger partial charge on any atom is -0.356 e. The van der Waals surface area contributed by atoms with Crippen molar-refractivity contribution in [2.24, 2.45) is 0 Å². The highest BCUT2D eigenvalue weighted by molar-refractivity contribution is 9.10. The van der Waals surface area contributed by atoms with Gasteiger partial charge in [0.25, 0.3) is 0 Å². The summed E-state index contributed by atoms with van der Waals surface area (Å²) in [4.78, 5) is 11.7. The van der Waals surface area contributed by atoms with Crippen LogP contribution in [0.5, 0.6) is 0 Å². The fourth-order valence-corrected chi connectivity index (χ4v) is 3.82. The summed E-state index contributed by atoms with van der Waals surface area (Å²) < 4.78 is 6.51. The second-order valence-electron chi connectivity index (χ2n) is 5.37. The predicted molar refractivity (Wildman–Crippen MR) is 101 cm³/mol. The van der Waals surface area contributed by atoms with Gasteiger partial charge in [0, 0.05) is 21.4 Å². The highest BCUT2D eigenvalue weighted by atomic mass is 79.9. The van der Waals surface area contributed by atoms with Gasteiger partial charge in [0.15, 0.2) is 5.76 Å². The number of thioether (sulfide) groups is 1. The number of aryl methyl sites for hydroxylation is 1. The van der Waals surface area contributed by atoms with E-state index in [0.717, 1.165) is 33.3 Å². The van der Waals surface area contributed by atoms with Gasteiger partial charge in [0.1, 0.15) is 6.29 Å². The Hall–Kier alpha value is -1.85. The van der Waals surface area contributed by atoms with Gasteiger partial charge in [-0.05, 0) is 24.6 Å². The number of carbonyl (C=O) groups is 1. The van der Waals surface area contributed by atoms with Crippen molar-refractivity contribution < 1.29 is 9.32 Å². The monoisotopic (exact) mass is 401 g/mol. The molecule has 5 heteroatoms. The SMILES string of the molecule is Cc1noc(-c2ccc(Br)cc2)c1C(C=O)SCc1ccccc1. The third-order valence-corrected chi connectivity index (χ3v) is 5.43. The molecule has 1 atom stereocenters. The maximum Gasteiger partial charge on any atom is 0.171 e. The number of benzene rings is 2. The van der Waals surface area contributed by atoms with Gasteiger partial charge in [-0.2, -0.15) is 0 Å². The number of carbonyl (C=O) groups excluding carboxylic acids is 1.